The van der Waals surface area contributed by atoms with E-state index in [1.165, 1.54) is 24.3 Å². The number of rotatable bonds is 4. The highest BCUT2D eigenvalue weighted by Gasteiger charge is 2.15. The molecule has 0 saturated carbocycles. The van der Waals surface area contributed by atoms with E-state index in [4.69, 9.17) is 4.42 Å². The van der Waals surface area contributed by atoms with Crippen molar-refractivity contribution in [1.29, 1.82) is 0 Å². The maximum Gasteiger partial charge on any atom is 0.120 e. The maximum atomic E-state index is 5.37. The first-order chi connectivity index (χ1) is 7.36. The van der Waals surface area contributed by atoms with Gasteiger partial charge >= 0.3 is 0 Å². The quantitative estimate of drug-likeness (QED) is 0.852. The summed E-state index contributed by atoms with van der Waals surface area (Å²) >= 11 is 2.08. The number of hydrogen-bond acceptors (Lipinski definition) is 3. The average molecular weight is 225 g/mol. The summed E-state index contributed by atoms with van der Waals surface area (Å²) in [7, 11) is 0. The van der Waals surface area contributed by atoms with Crippen LogP contribution in [0.3, 0.4) is 0 Å². The number of thioether (sulfide) groups is 1. The molecule has 2 heterocycles. The van der Waals surface area contributed by atoms with Gasteiger partial charge in [0.15, 0.2) is 0 Å². The molecule has 0 aromatic carbocycles. The van der Waals surface area contributed by atoms with Crippen molar-refractivity contribution < 1.29 is 4.42 Å². The van der Waals surface area contributed by atoms with E-state index in [0.717, 1.165) is 18.2 Å². The summed E-state index contributed by atoms with van der Waals surface area (Å²) in [5.74, 6) is 4.58. The van der Waals surface area contributed by atoms with Crippen molar-refractivity contribution in [3.8, 4) is 0 Å². The van der Waals surface area contributed by atoms with Gasteiger partial charge in [0.25, 0.3) is 0 Å². The zero-order valence-electron chi connectivity index (χ0n) is 9.24. The van der Waals surface area contributed by atoms with Crippen LogP contribution in [0.2, 0.25) is 0 Å². The summed E-state index contributed by atoms with van der Waals surface area (Å²) in [6.45, 7) is 3.29. The fourth-order valence-corrected chi connectivity index (χ4v) is 3.14. The molecule has 0 amide bonds. The monoisotopic (exact) mass is 225 g/mol. The molecule has 15 heavy (non-hydrogen) atoms. The average Bonchev–Trinajstić information content (AvgIpc) is 2.81. The highest BCUT2D eigenvalue weighted by Crippen LogP contribution is 2.23. The lowest BCUT2D eigenvalue weighted by Crippen LogP contribution is -2.27. The van der Waals surface area contributed by atoms with E-state index in [0.29, 0.717) is 6.04 Å². The summed E-state index contributed by atoms with van der Waals surface area (Å²) in [4.78, 5) is 0. The molecule has 1 fully saturated rings. The third-order valence-electron chi connectivity index (χ3n) is 3.02. The molecular formula is C12H19NOS. The second kappa shape index (κ2) is 5.61. The molecule has 1 aliphatic heterocycles. The van der Waals surface area contributed by atoms with Crippen LogP contribution in [0.4, 0.5) is 0 Å². The number of hydrogen-bond donors (Lipinski definition) is 1. The van der Waals surface area contributed by atoms with Gasteiger partial charge in [0.05, 0.1) is 12.3 Å². The summed E-state index contributed by atoms with van der Waals surface area (Å²) in [5, 5.41) is 3.55. The summed E-state index contributed by atoms with van der Waals surface area (Å²) in [6.07, 6.45) is 4.47. The Kier molecular flexibility index (Phi) is 4.15. The molecule has 0 radical (unpaired) electrons. The molecule has 84 valence electrons. The Hall–Kier alpha value is -0.410. The summed E-state index contributed by atoms with van der Waals surface area (Å²) < 4.78 is 5.37. The number of nitrogens with one attached hydrogen (secondary N) is 1. The smallest absolute Gasteiger partial charge is 0.120 e. The third kappa shape index (κ3) is 3.28. The predicted molar refractivity (Wildman–Crippen MR) is 65.2 cm³/mol. The van der Waals surface area contributed by atoms with Gasteiger partial charge in [-0.1, -0.05) is 0 Å². The molecule has 1 aliphatic rings. The van der Waals surface area contributed by atoms with Gasteiger partial charge < -0.3 is 9.73 Å². The zero-order valence-corrected chi connectivity index (χ0v) is 10.1. The van der Waals surface area contributed by atoms with Crippen LogP contribution in [-0.2, 0) is 0 Å². The molecule has 1 aromatic rings. The van der Waals surface area contributed by atoms with Crippen molar-refractivity contribution in [1.82, 2.24) is 5.32 Å². The molecule has 2 rings (SSSR count). The normalized spacial score (nSPS) is 20.3. The molecule has 3 heteroatoms. The van der Waals surface area contributed by atoms with Crippen molar-refractivity contribution in [2.24, 2.45) is 5.92 Å². The molecule has 1 saturated heterocycles. The van der Waals surface area contributed by atoms with E-state index in [1.54, 1.807) is 6.26 Å². The number of furan rings is 1. The van der Waals surface area contributed by atoms with Crippen LogP contribution < -0.4 is 5.32 Å². The van der Waals surface area contributed by atoms with Gasteiger partial charge in [-0.05, 0) is 55.9 Å². The van der Waals surface area contributed by atoms with E-state index in [1.807, 2.05) is 12.1 Å². The second-order valence-corrected chi connectivity index (χ2v) is 5.43. The summed E-state index contributed by atoms with van der Waals surface area (Å²) in [6, 6.07) is 4.33. The SMILES string of the molecule is CC(NCC1CCSCC1)c1ccco1. The second-order valence-electron chi connectivity index (χ2n) is 4.20. The van der Waals surface area contributed by atoms with Crippen molar-refractivity contribution in [3.63, 3.8) is 0 Å². The first-order valence-electron chi connectivity index (χ1n) is 5.71. The highest BCUT2D eigenvalue weighted by atomic mass is 32.2. The first-order valence-corrected chi connectivity index (χ1v) is 6.86. The van der Waals surface area contributed by atoms with E-state index >= 15 is 0 Å². The Morgan fingerprint density at radius 3 is 3.00 bits per heavy atom. The van der Waals surface area contributed by atoms with Crippen LogP contribution >= 0.6 is 11.8 Å². The maximum absolute atomic E-state index is 5.37. The van der Waals surface area contributed by atoms with Gasteiger partial charge in [-0.25, -0.2) is 0 Å². The Morgan fingerprint density at radius 2 is 2.33 bits per heavy atom. The van der Waals surface area contributed by atoms with Crippen molar-refractivity contribution in [3.05, 3.63) is 24.2 Å². The Morgan fingerprint density at radius 1 is 1.53 bits per heavy atom. The minimum absolute atomic E-state index is 0.342. The predicted octanol–water partition coefficient (Wildman–Crippen LogP) is 3.07. The fraction of sp³-hybridized carbons (Fsp3) is 0.667. The minimum Gasteiger partial charge on any atom is -0.468 e. The van der Waals surface area contributed by atoms with Crippen LogP contribution in [0.15, 0.2) is 22.8 Å². The van der Waals surface area contributed by atoms with Crippen LogP contribution in [-0.4, -0.2) is 18.1 Å². The standard InChI is InChI=1S/C12H19NOS/c1-10(12-3-2-6-14-12)13-9-11-4-7-15-8-5-11/h2-3,6,10-11,13H,4-5,7-9H2,1H3. The molecule has 0 bridgehead atoms. The summed E-state index contributed by atoms with van der Waals surface area (Å²) in [5.41, 5.74) is 0. The largest absolute Gasteiger partial charge is 0.468 e. The third-order valence-corrected chi connectivity index (χ3v) is 4.07. The van der Waals surface area contributed by atoms with Crippen LogP contribution in [0.5, 0.6) is 0 Å². The van der Waals surface area contributed by atoms with Gasteiger partial charge in [0, 0.05) is 0 Å². The Bertz CT molecular complexity index is 267. The first kappa shape index (κ1) is 11.1. The zero-order chi connectivity index (χ0) is 10.5. The molecule has 1 atom stereocenters. The van der Waals surface area contributed by atoms with E-state index in [9.17, 15) is 0 Å². The van der Waals surface area contributed by atoms with Gasteiger partial charge in [-0.3, -0.25) is 0 Å². The van der Waals surface area contributed by atoms with Crippen LogP contribution in [0.1, 0.15) is 31.6 Å². The Balaban J connectivity index is 1.73. The lowest BCUT2D eigenvalue weighted by Gasteiger charge is -2.23. The van der Waals surface area contributed by atoms with Gasteiger partial charge in [0.1, 0.15) is 5.76 Å². The van der Waals surface area contributed by atoms with Gasteiger partial charge in [0.2, 0.25) is 0 Å². The topological polar surface area (TPSA) is 25.2 Å². The molecule has 1 N–H and O–H groups in total. The minimum atomic E-state index is 0.342. The molecule has 1 aromatic heterocycles. The molecule has 0 spiro atoms. The van der Waals surface area contributed by atoms with Crippen molar-refractivity contribution in [2.45, 2.75) is 25.8 Å². The van der Waals surface area contributed by atoms with Gasteiger partial charge in [-0.15, -0.1) is 0 Å². The van der Waals surface area contributed by atoms with E-state index < -0.39 is 0 Å². The lowest BCUT2D eigenvalue weighted by molar-refractivity contribution is 0.381. The fourth-order valence-electron chi connectivity index (χ4n) is 1.93. The molecular weight excluding hydrogens is 206 g/mol. The molecule has 1 unspecified atom stereocenters. The molecule has 2 nitrogen and oxygen atoms in total. The molecule has 0 aliphatic carbocycles. The van der Waals surface area contributed by atoms with E-state index in [-0.39, 0.29) is 0 Å². The van der Waals surface area contributed by atoms with Crippen LogP contribution in [0.25, 0.3) is 0 Å². The van der Waals surface area contributed by atoms with Crippen LogP contribution in [0, 0.1) is 5.92 Å². The van der Waals surface area contributed by atoms with Crippen molar-refractivity contribution >= 4 is 11.8 Å². The van der Waals surface area contributed by atoms with Crippen molar-refractivity contribution in [2.75, 3.05) is 18.1 Å². The highest BCUT2D eigenvalue weighted by molar-refractivity contribution is 7.99. The lowest BCUT2D eigenvalue weighted by atomic mass is 10.0. The Labute approximate surface area is 95.8 Å². The van der Waals surface area contributed by atoms with Gasteiger partial charge in [-0.2, -0.15) is 11.8 Å². The van der Waals surface area contributed by atoms with E-state index in [2.05, 4.69) is 24.0 Å².